The summed E-state index contributed by atoms with van der Waals surface area (Å²) in [5.41, 5.74) is 1.42. The zero-order valence-electron chi connectivity index (χ0n) is 9.03. The smallest absolute Gasteiger partial charge is 0.0950 e. The molecule has 2 rings (SSSR count). The van der Waals surface area contributed by atoms with Crippen molar-refractivity contribution in [3.8, 4) is 0 Å². The minimum absolute atomic E-state index is 0.530. The van der Waals surface area contributed by atoms with Gasteiger partial charge in [0.15, 0.2) is 0 Å². The molecule has 0 bridgehead atoms. The summed E-state index contributed by atoms with van der Waals surface area (Å²) in [7, 11) is 0. The molecule has 1 aliphatic rings. The second-order valence-corrected chi connectivity index (χ2v) is 4.34. The van der Waals surface area contributed by atoms with Crippen molar-refractivity contribution < 1.29 is 0 Å². The molecule has 0 amide bonds. The topological polar surface area (TPSA) is 29.9 Å². The number of nitrogens with zero attached hydrogens (tertiary/aromatic N) is 2. The lowest BCUT2D eigenvalue weighted by Gasteiger charge is -2.24. The minimum Gasteiger partial charge on any atom is -0.332 e. The normalized spacial score (nSPS) is 19.1. The fraction of sp³-hybridized carbons (Fsp3) is 0.727. The summed E-state index contributed by atoms with van der Waals surface area (Å²) < 4.78 is 2.30. The van der Waals surface area contributed by atoms with Gasteiger partial charge >= 0.3 is 0 Å². The Morgan fingerprint density at radius 2 is 2.14 bits per heavy atom. The Hall–Kier alpha value is -0.830. The van der Waals surface area contributed by atoms with E-state index < -0.39 is 0 Å². The average Bonchev–Trinajstić information content (AvgIpc) is 2.67. The lowest BCUT2D eigenvalue weighted by molar-refractivity contribution is 0.429. The maximum Gasteiger partial charge on any atom is 0.0950 e. The number of rotatable bonds is 2. The van der Waals surface area contributed by atoms with Crippen LogP contribution in [0.1, 0.15) is 44.3 Å². The van der Waals surface area contributed by atoms with Crippen LogP contribution in [0.2, 0.25) is 0 Å². The van der Waals surface area contributed by atoms with Gasteiger partial charge in [0.05, 0.1) is 6.33 Å². The zero-order chi connectivity index (χ0) is 9.97. The van der Waals surface area contributed by atoms with Crippen LogP contribution in [0.15, 0.2) is 12.5 Å². The van der Waals surface area contributed by atoms with E-state index in [1.54, 1.807) is 0 Å². The summed E-state index contributed by atoms with van der Waals surface area (Å²) in [4.78, 5) is 4.26. The van der Waals surface area contributed by atoms with Crippen LogP contribution in [0.25, 0.3) is 0 Å². The van der Waals surface area contributed by atoms with Gasteiger partial charge in [-0.25, -0.2) is 4.98 Å². The molecule has 0 radical (unpaired) electrons. The van der Waals surface area contributed by atoms with Crippen LogP contribution in [0.5, 0.6) is 0 Å². The van der Waals surface area contributed by atoms with Gasteiger partial charge in [-0.2, -0.15) is 0 Å². The fourth-order valence-corrected chi connectivity index (χ4v) is 2.18. The molecule has 1 N–H and O–H groups in total. The molecule has 0 aliphatic carbocycles. The number of imidazole rings is 1. The van der Waals surface area contributed by atoms with Crippen molar-refractivity contribution in [1.82, 2.24) is 14.9 Å². The average molecular weight is 193 g/mol. The number of hydrogen-bond donors (Lipinski definition) is 1. The summed E-state index contributed by atoms with van der Waals surface area (Å²) in [6.45, 7) is 6.72. The molecule has 0 unspecified atom stereocenters. The minimum atomic E-state index is 0.530. The van der Waals surface area contributed by atoms with Crippen molar-refractivity contribution >= 4 is 0 Å². The lowest BCUT2D eigenvalue weighted by Crippen LogP contribution is -2.27. The van der Waals surface area contributed by atoms with Gasteiger partial charge in [-0.05, 0) is 39.8 Å². The van der Waals surface area contributed by atoms with Gasteiger partial charge in [-0.3, -0.25) is 0 Å². The molecular weight excluding hydrogens is 174 g/mol. The monoisotopic (exact) mass is 193 g/mol. The molecule has 2 heterocycles. The van der Waals surface area contributed by atoms with E-state index in [0.717, 1.165) is 13.1 Å². The molecule has 3 heteroatoms. The second-order valence-electron chi connectivity index (χ2n) is 4.34. The Morgan fingerprint density at radius 1 is 1.43 bits per heavy atom. The highest BCUT2D eigenvalue weighted by Crippen LogP contribution is 2.26. The van der Waals surface area contributed by atoms with E-state index in [9.17, 15) is 0 Å². The molecular formula is C11H19N3. The van der Waals surface area contributed by atoms with Gasteiger partial charge in [-0.15, -0.1) is 0 Å². The van der Waals surface area contributed by atoms with Crippen molar-refractivity contribution in [2.24, 2.45) is 0 Å². The quantitative estimate of drug-likeness (QED) is 0.777. The Morgan fingerprint density at radius 3 is 2.79 bits per heavy atom. The van der Waals surface area contributed by atoms with Crippen molar-refractivity contribution in [3.63, 3.8) is 0 Å². The van der Waals surface area contributed by atoms with Gasteiger partial charge in [0.1, 0.15) is 0 Å². The summed E-state index contributed by atoms with van der Waals surface area (Å²) in [5.74, 6) is 0.709. The van der Waals surface area contributed by atoms with Crippen LogP contribution in [-0.4, -0.2) is 22.6 Å². The Kier molecular flexibility index (Phi) is 2.87. The van der Waals surface area contributed by atoms with E-state index >= 15 is 0 Å². The summed E-state index contributed by atoms with van der Waals surface area (Å²) in [6.07, 6.45) is 6.49. The third kappa shape index (κ3) is 1.82. The number of nitrogens with one attached hydrogen (secondary N) is 1. The van der Waals surface area contributed by atoms with E-state index in [1.165, 1.54) is 18.5 Å². The van der Waals surface area contributed by atoms with Crippen LogP contribution in [-0.2, 0) is 0 Å². The maximum absolute atomic E-state index is 4.26. The highest BCUT2D eigenvalue weighted by atomic mass is 15.1. The summed E-state index contributed by atoms with van der Waals surface area (Å²) in [6, 6.07) is 0.530. The molecule has 0 atom stereocenters. The number of aromatic nitrogens is 2. The van der Waals surface area contributed by atoms with Gasteiger partial charge < -0.3 is 9.88 Å². The molecule has 3 nitrogen and oxygen atoms in total. The molecule has 0 saturated carbocycles. The predicted octanol–water partition coefficient (Wildman–Crippen LogP) is 1.93. The van der Waals surface area contributed by atoms with Crippen LogP contribution in [0, 0.1) is 0 Å². The first-order valence-electron chi connectivity index (χ1n) is 5.51. The van der Waals surface area contributed by atoms with Crippen LogP contribution in [0.4, 0.5) is 0 Å². The summed E-state index contributed by atoms with van der Waals surface area (Å²) >= 11 is 0. The van der Waals surface area contributed by atoms with Gasteiger partial charge in [0, 0.05) is 23.9 Å². The van der Waals surface area contributed by atoms with Crippen molar-refractivity contribution in [2.45, 2.75) is 38.6 Å². The first-order valence-corrected chi connectivity index (χ1v) is 5.51. The fourth-order valence-electron chi connectivity index (χ4n) is 2.18. The van der Waals surface area contributed by atoms with E-state index in [-0.39, 0.29) is 0 Å². The third-order valence-corrected chi connectivity index (χ3v) is 3.01. The zero-order valence-corrected chi connectivity index (χ0v) is 9.03. The Labute approximate surface area is 85.5 Å². The van der Waals surface area contributed by atoms with Crippen LogP contribution < -0.4 is 5.32 Å². The molecule has 1 aromatic heterocycles. The molecule has 1 aromatic rings. The first kappa shape index (κ1) is 9.71. The second kappa shape index (κ2) is 4.13. The third-order valence-electron chi connectivity index (χ3n) is 3.01. The largest absolute Gasteiger partial charge is 0.332 e. The van der Waals surface area contributed by atoms with Crippen molar-refractivity contribution in [2.75, 3.05) is 13.1 Å². The number of hydrogen-bond acceptors (Lipinski definition) is 2. The first-order chi connectivity index (χ1) is 6.79. The molecule has 0 aromatic carbocycles. The SMILES string of the molecule is CC(C)n1cncc1C1CCNCC1. The van der Waals surface area contributed by atoms with E-state index in [2.05, 4.69) is 28.7 Å². The van der Waals surface area contributed by atoms with Gasteiger partial charge in [-0.1, -0.05) is 0 Å². The maximum atomic E-state index is 4.26. The Bertz CT molecular complexity index is 284. The van der Waals surface area contributed by atoms with Crippen LogP contribution in [0.3, 0.4) is 0 Å². The predicted molar refractivity (Wildman–Crippen MR) is 57.5 cm³/mol. The molecule has 1 aliphatic heterocycles. The molecule has 1 fully saturated rings. The standard InChI is InChI=1S/C11H19N3/c1-9(2)14-8-13-7-11(14)10-3-5-12-6-4-10/h7-10,12H,3-6H2,1-2H3. The van der Waals surface area contributed by atoms with E-state index in [4.69, 9.17) is 0 Å². The Balaban J connectivity index is 2.17. The van der Waals surface area contributed by atoms with Crippen LogP contribution >= 0.6 is 0 Å². The highest BCUT2D eigenvalue weighted by molar-refractivity contribution is 5.08. The van der Waals surface area contributed by atoms with Gasteiger partial charge in [0.25, 0.3) is 0 Å². The van der Waals surface area contributed by atoms with E-state index in [1.807, 2.05) is 12.5 Å². The molecule has 1 saturated heterocycles. The number of piperidine rings is 1. The molecule has 14 heavy (non-hydrogen) atoms. The summed E-state index contributed by atoms with van der Waals surface area (Å²) in [5, 5.41) is 3.40. The lowest BCUT2D eigenvalue weighted by atomic mass is 9.95. The highest BCUT2D eigenvalue weighted by Gasteiger charge is 2.19. The van der Waals surface area contributed by atoms with Crippen molar-refractivity contribution in [1.29, 1.82) is 0 Å². The van der Waals surface area contributed by atoms with E-state index in [0.29, 0.717) is 12.0 Å². The van der Waals surface area contributed by atoms with Crippen molar-refractivity contribution in [3.05, 3.63) is 18.2 Å². The van der Waals surface area contributed by atoms with Gasteiger partial charge in [0.2, 0.25) is 0 Å². The molecule has 78 valence electrons. The molecule has 0 spiro atoms.